The number of carbonyl (C=O) groups is 2. The lowest BCUT2D eigenvalue weighted by molar-refractivity contribution is -0.116. The number of carbonyl (C=O) groups excluding carboxylic acids is 2. The van der Waals surface area contributed by atoms with Gasteiger partial charge in [0.2, 0.25) is 5.91 Å². The topological polar surface area (TPSA) is 93.4 Å². The van der Waals surface area contributed by atoms with Crippen LogP contribution in [0.15, 0.2) is 12.1 Å². The summed E-state index contributed by atoms with van der Waals surface area (Å²) in [5.74, 6) is -0.318. The molecule has 2 amide bonds. The van der Waals surface area contributed by atoms with Crippen LogP contribution in [0.3, 0.4) is 0 Å². The highest BCUT2D eigenvalue weighted by atomic mass is 35.5. The lowest BCUT2D eigenvalue weighted by Gasteiger charge is -2.19. The third-order valence-corrected chi connectivity index (χ3v) is 3.11. The molecule has 0 atom stereocenters. The van der Waals surface area contributed by atoms with E-state index in [-0.39, 0.29) is 23.9 Å². The molecule has 0 bridgehead atoms. The van der Waals surface area contributed by atoms with E-state index in [1.807, 2.05) is 0 Å². The van der Waals surface area contributed by atoms with Crippen LogP contribution < -0.4 is 16.4 Å². The molecule has 6 nitrogen and oxygen atoms in total. The Morgan fingerprint density at radius 2 is 1.82 bits per heavy atom. The number of halogens is 2. The van der Waals surface area contributed by atoms with Crippen molar-refractivity contribution in [2.75, 3.05) is 17.6 Å². The van der Waals surface area contributed by atoms with E-state index in [9.17, 15) is 9.59 Å². The van der Waals surface area contributed by atoms with Crippen LogP contribution >= 0.6 is 23.2 Å². The summed E-state index contributed by atoms with van der Waals surface area (Å²) in [6.07, 6.45) is -0.506. The number of benzene rings is 1. The molecule has 8 heteroatoms. The smallest absolute Gasteiger partial charge is 0.407 e. The largest absolute Gasteiger partial charge is 0.444 e. The first-order valence-electron chi connectivity index (χ1n) is 6.59. The van der Waals surface area contributed by atoms with Crippen LogP contribution in [0.1, 0.15) is 27.2 Å². The highest BCUT2D eigenvalue weighted by Gasteiger charge is 2.16. The second-order valence-corrected chi connectivity index (χ2v) is 6.39. The summed E-state index contributed by atoms with van der Waals surface area (Å²) in [7, 11) is 0. The van der Waals surface area contributed by atoms with E-state index in [1.165, 1.54) is 12.1 Å². The van der Waals surface area contributed by atoms with Crippen molar-refractivity contribution in [1.29, 1.82) is 0 Å². The molecule has 0 radical (unpaired) electrons. The SMILES string of the molecule is CC(C)(C)OC(=O)NCCC(=O)Nc1cc(Cl)c(Cl)cc1N. The molecule has 22 heavy (non-hydrogen) atoms. The molecule has 0 saturated heterocycles. The molecule has 0 heterocycles. The average molecular weight is 348 g/mol. The van der Waals surface area contributed by atoms with Gasteiger partial charge in [-0.1, -0.05) is 23.2 Å². The van der Waals surface area contributed by atoms with Gasteiger partial charge in [0.25, 0.3) is 0 Å². The molecule has 0 aliphatic carbocycles. The van der Waals surface area contributed by atoms with Crippen molar-refractivity contribution in [3.8, 4) is 0 Å². The first-order valence-corrected chi connectivity index (χ1v) is 7.35. The van der Waals surface area contributed by atoms with Gasteiger partial charge in [0.1, 0.15) is 5.60 Å². The normalized spacial score (nSPS) is 11.0. The molecule has 1 aromatic rings. The highest BCUT2D eigenvalue weighted by Crippen LogP contribution is 2.30. The lowest BCUT2D eigenvalue weighted by Crippen LogP contribution is -2.34. The van der Waals surface area contributed by atoms with Crippen molar-refractivity contribution in [1.82, 2.24) is 5.32 Å². The first-order chi connectivity index (χ1) is 10.1. The molecular formula is C14H19Cl2N3O3. The molecule has 1 aromatic carbocycles. The van der Waals surface area contributed by atoms with Gasteiger partial charge >= 0.3 is 6.09 Å². The van der Waals surface area contributed by atoms with Crippen LogP contribution in [0, 0.1) is 0 Å². The molecule has 0 aromatic heterocycles. The second kappa shape index (κ2) is 7.56. The fourth-order valence-corrected chi connectivity index (χ4v) is 1.81. The van der Waals surface area contributed by atoms with Gasteiger partial charge in [-0.2, -0.15) is 0 Å². The molecule has 1 rings (SSSR count). The van der Waals surface area contributed by atoms with Gasteiger partial charge in [-0.05, 0) is 32.9 Å². The summed E-state index contributed by atoms with van der Waals surface area (Å²) in [5.41, 5.74) is 5.83. The summed E-state index contributed by atoms with van der Waals surface area (Å²) in [6, 6.07) is 2.93. The van der Waals surface area contributed by atoms with Crippen LogP contribution in [-0.2, 0) is 9.53 Å². The van der Waals surface area contributed by atoms with E-state index in [0.29, 0.717) is 16.4 Å². The maximum Gasteiger partial charge on any atom is 0.407 e. The predicted octanol–water partition coefficient (Wildman–Crippen LogP) is 3.43. The minimum absolute atomic E-state index is 0.0684. The van der Waals surface area contributed by atoms with Gasteiger partial charge in [-0.15, -0.1) is 0 Å². The molecule has 0 saturated carbocycles. The number of nitrogen functional groups attached to an aromatic ring is 1. The number of rotatable bonds is 4. The molecular weight excluding hydrogens is 329 g/mol. The molecule has 0 fully saturated rings. The summed E-state index contributed by atoms with van der Waals surface area (Å²) in [6.45, 7) is 5.41. The van der Waals surface area contributed by atoms with E-state index in [0.717, 1.165) is 0 Å². The molecule has 0 unspecified atom stereocenters. The molecule has 0 spiro atoms. The van der Waals surface area contributed by atoms with Crippen molar-refractivity contribution in [3.63, 3.8) is 0 Å². The van der Waals surface area contributed by atoms with E-state index in [4.69, 9.17) is 33.7 Å². The van der Waals surface area contributed by atoms with Crippen LogP contribution in [0.2, 0.25) is 10.0 Å². The van der Waals surface area contributed by atoms with Gasteiger partial charge in [0.05, 0.1) is 21.4 Å². The number of hydrogen-bond donors (Lipinski definition) is 3. The van der Waals surface area contributed by atoms with Crippen molar-refractivity contribution in [3.05, 3.63) is 22.2 Å². The fourth-order valence-electron chi connectivity index (χ4n) is 1.48. The number of ether oxygens (including phenoxy) is 1. The Bertz CT molecular complexity index is 571. The van der Waals surface area contributed by atoms with Crippen LogP contribution in [0.5, 0.6) is 0 Å². The fraction of sp³-hybridized carbons (Fsp3) is 0.429. The zero-order valence-corrected chi connectivity index (χ0v) is 14.1. The Morgan fingerprint density at radius 1 is 1.23 bits per heavy atom. The van der Waals surface area contributed by atoms with E-state index in [1.54, 1.807) is 20.8 Å². The van der Waals surface area contributed by atoms with Gasteiger partial charge in [0, 0.05) is 13.0 Å². The Hall–Kier alpha value is -1.66. The first kappa shape index (κ1) is 18.4. The van der Waals surface area contributed by atoms with Gasteiger partial charge < -0.3 is 21.1 Å². The molecule has 0 aliphatic heterocycles. The van der Waals surface area contributed by atoms with E-state index in [2.05, 4.69) is 10.6 Å². The Balaban J connectivity index is 2.45. The van der Waals surface area contributed by atoms with Crippen molar-refractivity contribution < 1.29 is 14.3 Å². The molecule has 122 valence electrons. The maximum absolute atomic E-state index is 11.8. The number of anilines is 2. The lowest BCUT2D eigenvalue weighted by atomic mass is 10.2. The summed E-state index contributed by atoms with van der Waals surface area (Å²) >= 11 is 11.7. The summed E-state index contributed by atoms with van der Waals surface area (Å²) in [5, 5.41) is 5.69. The zero-order chi connectivity index (χ0) is 16.9. The second-order valence-electron chi connectivity index (χ2n) is 5.58. The Kier molecular flexibility index (Phi) is 6.32. The van der Waals surface area contributed by atoms with Crippen LogP contribution in [-0.4, -0.2) is 24.1 Å². The highest BCUT2D eigenvalue weighted by molar-refractivity contribution is 6.42. The van der Waals surface area contributed by atoms with Crippen LogP contribution in [0.25, 0.3) is 0 Å². The van der Waals surface area contributed by atoms with Crippen molar-refractivity contribution in [2.45, 2.75) is 32.8 Å². The van der Waals surface area contributed by atoms with Crippen molar-refractivity contribution in [2.24, 2.45) is 0 Å². The van der Waals surface area contributed by atoms with E-state index < -0.39 is 11.7 Å². The van der Waals surface area contributed by atoms with Gasteiger partial charge in [-0.25, -0.2) is 4.79 Å². The van der Waals surface area contributed by atoms with Crippen molar-refractivity contribution >= 4 is 46.6 Å². The summed E-state index contributed by atoms with van der Waals surface area (Å²) < 4.78 is 5.05. The standard InChI is InChI=1S/C14H19Cl2N3O3/c1-14(2,3)22-13(21)18-5-4-12(20)19-11-7-9(16)8(15)6-10(11)17/h6-7H,4-5,17H2,1-3H3,(H,18,21)(H,19,20). The minimum atomic E-state index is -0.582. The minimum Gasteiger partial charge on any atom is -0.444 e. The molecule has 4 N–H and O–H groups in total. The third-order valence-electron chi connectivity index (χ3n) is 2.39. The van der Waals surface area contributed by atoms with E-state index >= 15 is 0 Å². The third kappa shape index (κ3) is 6.41. The number of nitrogens with one attached hydrogen (secondary N) is 2. The number of hydrogen-bond acceptors (Lipinski definition) is 4. The Labute approximate surface area is 139 Å². The average Bonchev–Trinajstić information content (AvgIpc) is 2.33. The number of alkyl carbamates (subject to hydrolysis) is 1. The molecule has 0 aliphatic rings. The quantitative estimate of drug-likeness (QED) is 0.727. The number of amides is 2. The zero-order valence-electron chi connectivity index (χ0n) is 12.6. The monoisotopic (exact) mass is 347 g/mol. The number of nitrogens with two attached hydrogens (primary N) is 1. The maximum atomic E-state index is 11.8. The Morgan fingerprint density at radius 3 is 2.41 bits per heavy atom. The van der Waals surface area contributed by atoms with Gasteiger partial charge in [0.15, 0.2) is 0 Å². The van der Waals surface area contributed by atoms with Crippen LogP contribution in [0.4, 0.5) is 16.2 Å². The predicted molar refractivity (Wildman–Crippen MR) is 88.4 cm³/mol. The van der Waals surface area contributed by atoms with Gasteiger partial charge in [-0.3, -0.25) is 4.79 Å². The summed E-state index contributed by atoms with van der Waals surface area (Å²) in [4.78, 5) is 23.2.